The molecule has 0 bridgehead atoms. The Morgan fingerprint density at radius 2 is 2.13 bits per heavy atom. The summed E-state index contributed by atoms with van der Waals surface area (Å²) in [4.78, 5) is 22.7. The number of hydrogen-bond acceptors (Lipinski definition) is 3. The maximum absolute atomic E-state index is 11.3. The molecule has 0 aliphatic heterocycles. The molecule has 5 nitrogen and oxygen atoms in total. The monoisotopic (exact) mass is 229 g/mol. The summed E-state index contributed by atoms with van der Waals surface area (Å²) in [7, 11) is 0. The standard InChI is InChI=1S/C9H15N3O2S/c1-5(8(10)15)9(14)11-4-7(13)12-6-2-3-6/h5-6H,2-4H2,1H3,(H2,10,15)(H,11,14)(H,12,13). The number of thiocarbonyl (C=S) groups is 1. The van der Waals surface area contributed by atoms with Crippen molar-refractivity contribution in [1.82, 2.24) is 10.6 Å². The highest BCUT2D eigenvalue weighted by Crippen LogP contribution is 2.18. The zero-order valence-electron chi connectivity index (χ0n) is 8.58. The van der Waals surface area contributed by atoms with Crippen molar-refractivity contribution in [2.75, 3.05) is 6.54 Å². The lowest BCUT2D eigenvalue weighted by Crippen LogP contribution is -2.42. The van der Waals surface area contributed by atoms with Crippen LogP contribution in [0.4, 0.5) is 0 Å². The van der Waals surface area contributed by atoms with E-state index < -0.39 is 5.92 Å². The van der Waals surface area contributed by atoms with Crippen LogP contribution in [0, 0.1) is 5.92 Å². The summed E-state index contributed by atoms with van der Waals surface area (Å²) in [5.74, 6) is -1.01. The Labute approximate surface area is 93.8 Å². The molecule has 0 saturated heterocycles. The highest BCUT2D eigenvalue weighted by molar-refractivity contribution is 7.80. The molecule has 6 heteroatoms. The van der Waals surface area contributed by atoms with Gasteiger partial charge in [-0.05, 0) is 19.8 Å². The number of nitrogens with one attached hydrogen (secondary N) is 2. The molecule has 84 valence electrons. The highest BCUT2D eigenvalue weighted by Gasteiger charge is 2.23. The fourth-order valence-corrected chi connectivity index (χ4v) is 1.06. The topological polar surface area (TPSA) is 84.2 Å². The van der Waals surface area contributed by atoms with E-state index in [1.54, 1.807) is 6.92 Å². The van der Waals surface area contributed by atoms with Crippen molar-refractivity contribution >= 4 is 29.0 Å². The number of amides is 2. The van der Waals surface area contributed by atoms with E-state index in [0.717, 1.165) is 12.8 Å². The van der Waals surface area contributed by atoms with Crippen molar-refractivity contribution in [3.05, 3.63) is 0 Å². The van der Waals surface area contributed by atoms with E-state index in [0.29, 0.717) is 6.04 Å². The van der Waals surface area contributed by atoms with E-state index in [4.69, 9.17) is 5.73 Å². The minimum atomic E-state index is -0.534. The molecule has 1 atom stereocenters. The van der Waals surface area contributed by atoms with Gasteiger partial charge in [-0.15, -0.1) is 0 Å². The van der Waals surface area contributed by atoms with Crippen LogP contribution in [0.1, 0.15) is 19.8 Å². The van der Waals surface area contributed by atoms with Crippen LogP contribution < -0.4 is 16.4 Å². The zero-order chi connectivity index (χ0) is 11.4. The third-order valence-electron chi connectivity index (χ3n) is 2.19. The van der Waals surface area contributed by atoms with Crippen molar-refractivity contribution in [2.45, 2.75) is 25.8 Å². The van der Waals surface area contributed by atoms with Crippen LogP contribution in [-0.4, -0.2) is 29.4 Å². The van der Waals surface area contributed by atoms with Gasteiger partial charge in [0, 0.05) is 6.04 Å². The molecule has 1 unspecified atom stereocenters. The third kappa shape index (κ3) is 4.24. The van der Waals surface area contributed by atoms with Crippen LogP contribution in [0.5, 0.6) is 0 Å². The predicted octanol–water partition coefficient (Wildman–Crippen LogP) is -0.697. The van der Waals surface area contributed by atoms with Gasteiger partial charge in [-0.1, -0.05) is 12.2 Å². The second-order valence-electron chi connectivity index (χ2n) is 3.68. The molecule has 0 radical (unpaired) electrons. The summed E-state index contributed by atoms with van der Waals surface area (Å²) >= 11 is 4.67. The van der Waals surface area contributed by atoms with E-state index >= 15 is 0 Å². The highest BCUT2D eigenvalue weighted by atomic mass is 32.1. The molecule has 0 aromatic carbocycles. The molecule has 1 rings (SSSR count). The van der Waals surface area contributed by atoms with Crippen molar-refractivity contribution in [1.29, 1.82) is 0 Å². The molecule has 1 aliphatic rings. The van der Waals surface area contributed by atoms with Gasteiger partial charge in [0.2, 0.25) is 11.8 Å². The SMILES string of the molecule is CC(C(=O)NCC(=O)NC1CC1)C(N)=S. The van der Waals surface area contributed by atoms with Gasteiger partial charge >= 0.3 is 0 Å². The second kappa shape index (κ2) is 5.06. The Morgan fingerprint density at radius 1 is 1.53 bits per heavy atom. The third-order valence-corrected chi connectivity index (χ3v) is 2.54. The first kappa shape index (κ1) is 11.9. The van der Waals surface area contributed by atoms with Gasteiger partial charge in [-0.3, -0.25) is 9.59 Å². The number of carbonyl (C=O) groups is 2. The Bertz CT molecular complexity index is 289. The number of hydrogen-bond donors (Lipinski definition) is 3. The fraction of sp³-hybridized carbons (Fsp3) is 0.667. The van der Waals surface area contributed by atoms with Crippen LogP contribution in [-0.2, 0) is 9.59 Å². The first-order valence-electron chi connectivity index (χ1n) is 4.87. The Hall–Kier alpha value is -1.17. The van der Waals surface area contributed by atoms with Crippen LogP contribution in [0.15, 0.2) is 0 Å². The maximum atomic E-state index is 11.3. The average molecular weight is 229 g/mol. The van der Waals surface area contributed by atoms with Gasteiger partial charge in [-0.2, -0.15) is 0 Å². The zero-order valence-corrected chi connectivity index (χ0v) is 9.39. The normalized spacial score (nSPS) is 16.6. The number of carbonyl (C=O) groups excluding carboxylic acids is 2. The van der Waals surface area contributed by atoms with Crippen molar-refractivity contribution in [2.24, 2.45) is 11.7 Å². The maximum Gasteiger partial charge on any atom is 0.239 e. The largest absolute Gasteiger partial charge is 0.393 e. The molecule has 1 aliphatic carbocycles. The van der Waals surface area contributed by atoms with Crippen LogP contribution >= 0.6 is 12.2 Å². The van der Waals surface area contributed by atoms with Gasteiger partial charge < -0.3 is 16.4 Å². The summed E-state index contributed by atoms with van der Waals surface area (Å²) in [6, 6.07) is 0.308. The molecular weight excluding hydrogens is 214 g/mol. The predicted molar refractivity (Wildman–Crippen MR) is 60.1 cm³/mol. The quantitative estimate of drug-likeness (QED) is 0.544. The summed E-state index contributed by atoms with van der Waals surface area (Å²) in [5.41, 5.74) is 5.30. The van der Waals surface area contributed by atoms with E-state index in [2.05, 4.69) is 22.9 Å². The molecule has 2 amide bonds. The Balaban J connectivity index is 2.20. The summed E-state index contributed by atoms with van der Waals surface area (Å²) < 4.78 is 0. The van der Waals surface area contributed by atoms with Crippen LogP contribution in [0.25, 0.3) is 0 Å². The van der Waals surface area contributed by atoms with E-state index in [1.165, 1.54) is 0 Å². The summed E-state index contributed by atoms with van der Waals surface area (Å²) in [6.45, 7) is 1.60. The fourth-order valence-electron chi connectivity index (χ4n) is 0.956. The van der Waals surface area contributed by atoms with Gasteiger partial charge in [0.1, 0.15) is 0 Å². The molecule has 0 heterocycles. The van der Waals surface area contributed by atoms with E-state index in [1.807, 2.05) is 0 Å². The van der Waals surface area contributed by atoms with Gasteiger partial charge in [0.05, 0.1) is 17.5 Å². The van der Waals surface area contributed by atoms with E-state index in [9.17, 15) is 9.59 Å². The molecule has 1 fully saturated rings. The first-order chi connectivity index (χ1) is 7.00. The molecule has 4 N–H and O–H groups in total. The second-order valence-corrected chi connectivity index (χ2v) is 4.16. The Morgan fingerprint density at radius 3 is 2.60 bits per heavy atom. The average Bonchev–Trinajstić information content (AvgIpc) is 2.96. The molecule has 15 heavy (non-hydrogen) atoms. The number of nitrogens with two attached hydrogens (primary N) is 1. The van der Waals surface area contributed by atoms with Crippen molar-refractivity contribution in [3.63, 3.8) is 0 Å². The van der Waals surface area contributed by atoms with Gasteiger partial charge in [0.15, 0.2) is 0 Å². The lowest BCUT2D eigenvalue weighted by atomic mass is 10.1. The Kier molecular flexibility index (Phi) is 4.02. The molecular formula is C9H15N3O2S. The minimum absolute atomic E-state index is 0.0116. The molecule has 1 saturated carbocycles. The molecule has 0 aromatic heterocycles. The van der Waals surface area contributed by atoms with Gasteiger partial charge in [-0.25, -0.2) is 0 Å². The van der Waals surface area contributed by atoms with Crippen molar-refractivity contribution in [3.8, 4) is 0 Å². The van der Waals surface area contributed by atoms with Crippen LogP contribution in [0.3, 0.4) is 0 Å². The van der Waals surface area contributed by atoms with Crippen LogP contribution in [0.2, 0.25) is 0 Å². The summed E-state index contributed by atoms with van der Waals surface area (Å²) in [5, 5.41) is 5.24. The lowest BCUT2D eigenvalue weighted by Gasteiger charge is -2.10. The lowest BCUT2D eigenvalue weighted by molar-refractivity contribution is -0.127. The summed E-state index contributed by atoms with van der Waals surface area (Å²) in [6.07, 6.45) is 2.06. The molecule has 0 aromatic rings. The minimum Gasteiger partial charge on any atom is -0.393 e. The van der Waals surface area contributed by atoms with E-state index in [-0.39, 0.29) is 23.3 Å². The van der Waals surface area contributed by atoms with Gasteiger partial charge in [0.25, 0.3) is 0 Å². The molecule has 0 spiro atoms. The first-order valence-corrected chi connectivity index (χ1v) is 5.28. The smallest absolute Gasteiger partial charge is 0.239 e. The van der Waals surface area contributed by atoms with Crippen molar-refractivity contribution < 1.29 is 9.59 Å². The number of rotatable bonds is 5.